The van der Waals surface area contributed by atoms with Crippen molar-refractivity contribution in [3.05, 3.63) is 59.9 Å². The zero-order valence-electron chi connectivity index (χ0n) is 16.1. The molecule has 2 rings (SSSR count). The Morgan fingerprint density at radius 1 is 1.11 bits per heavy atom. The van der Waals surface area contributed by atoms with Crippen LogP contribution in [-0.2, 0) is 16.1 Å². The molecule has 0 aliphatic carbocycles. The van der Waals surface area contributed by atoms with Gasteiger partial charge in [0.05, 0.1) is 19.8 Å². The van der Waals surface area contributed by atoms with Crippen molar-refractivity contribution in [1.82, 2.24) is 5.32 Å². The van der Waals surface area contributed by atoms with Gasteiger partial charge in [0.25, 0.3) is 0 Å². The van der Waals surface area contributed by atoms with E-state index in [4.69, 9.17) is 9.47 Å². The van der Waals surface area contributed by atoms with Gasteiger partial charge in [-0.3, -0.25) is 0 Å². The maximum absolute atomic E-state index is 12.9. The molecule has 2 N–H and O–H groups in total. The predicted octanol–water partition coefficient (Wildman–Crippen LogP) is 4.68. The number of carbonyl (C=O) groups is 1. The minimum Gasteiger partial charge on any atom is -0.379 e. The number of hydrogen-bond donors (Lipinski definition) is 2. The van der Waals surface area contributed by atoms with Gasteiger partial charge in [-0.05, 0) is 61.1 Å². The predicted molar refractivity (Wildman–Crippen MR) is 111 cm³/mol. The van der Waals surface area contributed by atoms with Crippen molar-refractivity contribution in [3.63, 3.8) is 0 Å². The van der Waals surface area contributed by atoms with Gasteiger partial charge < -0.3 is 20.1 Å². The molecule has 2 amide bonds. The molecule has 0 radical (unpaired) electrons. The number of halogens is 1. The molecule has 0 fully saturated rings. The number of urea groups is 1. The Labute approximate surface area is 170 Å². The number of benzene rings is 2. The molecular weight excluding hydrogens is 379 g/mol. The van der Waals surface area contributed by atoms with Crippen LogP contribution in [0.4, 0.5) is 14.9 Å². The number of carbonyl (C=O) groups excluding carboxylic acids is 1. The molecule has 0 saturated heterocycles. The molecule has 0 saturated carbocycles. The van der Waals surface area contributed by atoms with Crippen molar-refractivity contribution in [1.29, 1.82) is 0 Å². The van der Waals surface area contributed by atoms with Crippen molar-refractivity contribution < 1.29 is 18.7 Å². The van der Waals surface area contributed by atoms with Crippen LogP contribution in [0.2, 0.25) is 0 Å². The average molecular weight is 407 g/mol. The Morgan fingerprint density at radius 2 is 1.89 bits per heavy atom. The summed E-state index contributed by atoms with van der Waals surface area (Å²) in [5.74, 6) is 0.615. The number of rotatable bonds is 12. The van der Waals surface area contributed by atoms with Gasteiger partial charge in [-0.25, -0.2) is 9.18 Å². The average Bonchev–Trinajstić information content (AvgIpc) is 2.69. The first-order valence-corrected chi connectivity index (χ1v) is 10.3. The molecule has 5 nitrogen and oxygen atoms in total. The fourth-order valence-electron chi connectivity index (χ4n) is 2.36. The summed E-state index contributed by atoms with van der Waals surface area (Å²) in [6.45, 7) is 4.80. The summed E-state index contributed by atoms with van der Waals surface area (Å²) in [6.07, 6.45) is 0.823. The number of anilines is 1. The second kappa shape index (κ2) is 13.1. The van der Waals surface area contributed by atoms with Crippen LogP contribution in [0.25, 0.3) is 0 Å². The van der Waals surface area contributed by atoms with E-state index >= 15 is 0 Å². The van der Waals surface area contributed by atoms with E-state index in [1.54, 1.807) is 23.9 Å². The van der Waals surface area contributed by atoms with Crippen LogP contribution in [0.3, 0.4) is 0 Å². The van der Waals surface area contributed by atoms with E-state index in [-0.39, 0.29) is 11.8 Å². The monoisotopic (exact) mass is 406 g/mol. The van der Waals surface area contributed by atoms with Gasteiger partial charge in [-0.2, -0.15) is 0 Å². The fraction of sp³-hybridized carbons (Fsp3) is 0.381. The molecule has 0 atom stereocenters. The minimum absolute atomic E-state index is 0.233. The Hall–Kier alpha value is -2.09. The molecular formula is C21H27FN2O3S. The quantitative estimate of drug-likeness (QED) is 0.397. The van der Waals surface area contributed by atoms with E-state index < -0.39 is 0 Å². The van der Waals surface area contributed by atoms with Gasteiger partial charge >= 0.3 is 6.03 Å². The van der Waals surface area contributed by atoms with E-state index in [0.29, 0.717) is 33.0 Å². The second-order valence-electron chi connectivity index (χ2n) is 5.99. The fourth-order valence-corrected chi connectivity index (χ4v) is 3.21. The third-order valence-electron chi connectivity index (χ3n) is 3.72. The zero-order chi connectivity index (χ0) is 20.0. The highest BCUT2D eigenvalue weighted by molar-refractivity contribution is 7.99. The topological polar surface area (TPSA) is 59.6 Å². The van der Waals surface area contributed by atoms with Crippen LogP contribution in [0.15, 0.2) is 53.4 Å². The van der Waals surface area contributed by atoms with Crippen LogP contribution >= 0.6 is 11.8 Å². The summed E-state index contributed by atoms with van der Waals surface area (Å²) >= 11 is 1.64. The summed E-state index contributed by atoms with van der Waals surface area (Å²) in [6, 6.07) is 13.8. The SMILES string of the molecule is CCOCCOCc1cccc(NC(=O)NCCCSc2ccc(F)cc2)c1. The Bertz CT molecular complexity index is 713. The Balaban J connectivity index is 1.61. The number of thioether (sulfide) groups is 1. The number of nitrogens with one attached hydrogen (secondary N) is 2. The lowest BCUT2D eigenvalue weighted by molar-refractivity contribution is 0.0453. The smallest absolute Gasteiger partial charge is 0.319 e. The Morgan fingerprint density at radius 3 is 2.68 bits per heavy atom. The highest BCUT2D eigenvalue weighted by atomic mass is 32.2. The first kappa shape index (κ1) is 22.2. The molecule has 0 bridgehead atoms. The lowest BCUT2D eigenvalue weighted by atomic mass is 10.2. The molecule has 2 aromatic carbocycles. The van der Waals surface area contributed by atoms with Gasteiger partial charge in [0.1, 0.15) is 5.82 Å². The minimum atomic E-state index is -0.235. The zero-order valence-corrected chi connectivity index (χ0v) is 16.9. The van der Waals surface area contributed by atoms with Gasteiger partial charge in [0, 0.05) is 23.7 Å². The molecule has 0 spiro atoms. The third-order valence-corrected chi connectivity index (χ3v) is 4.82. The van der Waals surface area contributed by atoms with Crippen molar-refractivity contribution >= 4 is 23.5 Å². The van der Waals surface area contributed by atoms with Crippen molar-refractivity contribution in [2.45, 2.75) is 24.8 Å². The summed E-state index contributed by atoms with van der Waals surface area (Å²) in [4.78, 5) is 13.0. The lowest BCUT2D eigenvalue weighted by Crippen LogP contribution is -2.29. The third kappa shape index (κ3) is 9.21. The van der Waals surface area contributed by atoms with E-state index in [9.17, 15) is 9.18 Å². The highest BCUT2D eigenvalue weighted by Gasteiger charge is 2.03. The maximum atomic E-state index is 12.9. The van der Waals surface area contributed by atoms with Crippen LogP contribution in [-0.4, -0.2) is 38.1 Å². The first-order chi connectivity index (χ1) is 13.7. The van der Waals surface area contributed by atoms with Gasteiger partial charge in [0.2, 0.25) is 0 Å². The van der Waals surface area contributed by atoms with E-state index in [2.05, 4.69) is 10.6 Å². The van der Waals surface area contributed by atoms with Crippen molar-refractivity contribution in [2.75, 3.05) is 37.4 Å². The largest absolute Gasteiger partial charge is 0.379 e. The van der Waals surface area contributed by atoms with E-state index in [0.717, 1.165) is 28.3 Å². The van der Waals surface area contributed by atoms with Crippen molar-refractivity contribution in [3.8, 4) is 0 Å². The summed E-state index contributed by atoms with van der Waals surface area (Å²) in [7, 11) is 0. The molecule has 0 unspecified atom stereocenters. The second-order valence-corrected chi connectivity index (χ2v) is 7.16. The van der Waals surface area contributed by atoms with Gasteiger partial charge in [0.15, 0.2) is 0 Å². The van der Waals surface area contributed by atoms with Crippen LogP contribution in [0, 0.1) is 5.82 Å². The first-order valence-electron chi connectivity index (χ1n) is 9.35. The van der Waals surface area contributed by atoms with Crippen LogP contribution in [0.5, 0.6) is 0 Å². The summed E-state index contributed by atoms with van der Waals surface area (Å²) in [5.41, 5.74) is 1.72. The van der Waals surface area contributed by atoms with E-state index in [1.165, 1.54) is 12.1 Å². The normalized spacial score (nSPS) is 10.6. The molecule has 7 heteroatoms. The molecule has 28 heavy (non-hydrogen) atoms. The summed E-state index contributed by atoms with van der Waals surface area (Å²) < 4.78 is 23.6. The molecule has 0 aliphatic rings. The summed E-state index contributed by atoms with van der Waals surface area (Å²) in [5, 5.41) is 5.67. The standard InChI is InChI=1S/C21H27FN2O3S/c1-2-26-12-13-27-16-17-5-3-6-19(15-17)24-21(25)23-11-4-14-28-20-9-7-18(22)8-10-20/h3,5-10,15H,2,4,11-14,16H2,1H3,(H2,23,24,25). The van der Waals surface area contributed by atoms with Gasteiger partial charge in [-0.1, -0.05) is 12.1 Å². The van der Waals surface area contributed by atoms with Gasteiger partial charge in [-0.15, -0.1) is 11.8 Å². The van der Waals surface area contributed by atoms with Crippen LogP contribution in [0.1, 0.15) is 18.9 Å². The molecule has 152 valence electrons. The molecule has 0 aliphatic heterocycles. The van der Waals surface area contributed by atoms with Crippen molar-refractivity contribution in [2.24, 2.45) is 0 Å². The number of hydrogen-bond acceptors (Lipinski definition) is 4. The highest BCUT2D eigenvalue weighted by Crippen LogP contribution is 2.18. The maximum Gasteiger partial charge on any atom is 0.319 e. The molecule has 0 heterocycles. The lowest BCUT2D eigenvalue weighted by Gasteiger charge is -2.10. The van der Waals surface area contributed by atoms with E-state index in [1.807, 2.05) is 31.2 Å². The number of amides is 2. The molecule has 2 aromatic rings. The number of ether oxygens (including phenoxy) is 2. The van der Waals surface area contributed by atoms with Crippen LogP contribution < -0.4 is 10.6 Å². The molecule has 0 aromatic heterocycles. The Kier molecular flexibility index (Phi) is 10.4.